The fourth-order valence-corrected chi connectivity index (χ4v) is 2.22. The molecule has 5 heteroatoms. The van der Waals surface area contributed by atoms with Crippen LogP contribution in [-0.4, -0.2) is 15.5 Å². The zero-order chi connectivity index (χ0) is 15.4. The molecule has 0 aliphatic heterocycles. The van der Waals surface area contributed by atoms with Crippen LogP contribution < -0.4 is 11.0 Å². The van der Waals surface area contributed by atoms with Crippen molar-refractivity contribution in [1.82, 2.24) is 9.55 Å². The summed E-state index contributed by atoms with van der Waals surface area (Å²) in [4.78, 5) is 26.8. The van der Waals surface area contributed by atoms with Crippen LogP contribution in [0.4, 0.5) is 5.69 Å². The Kier molecular flexibility index (Phi) is 3.87. The van der Waals surface area contributed by atoms with Crippen LogP contribution in [0, 0.1) is 0 Å². The third-order valence-electron chi connectivity index (χ3n) is 3.32. The Hall–Kier alpha value is -3.08. The molecular weight excluding hydrogens is 278 g/mol. The summed E-state index contributed by atoms with van der Waals surface area (Å²) in [5.41, 5.74) is 1.64. The third-order valence-corrected chi connectivity index (χ3v) is 3.32. The molecule has 3 rings (SSSR count). The summed E-state index contributed by atoms with van der Waals surface area (Å²) >= 11 is 0. The smallest absolute Gasteiger partial charge is 0.321 e. The van der Waals surface area contributed by atoms with E-state index >= 15 is 0 Å². The Balaban J connectivity index is 1.85. The van der Waals surface area contributed by atoms with E-state index in [9.17, 15) is 9.59 Å². The zero-order valence-electron chi connectivity index (χ0n) is 11.8. The number of imidazole rings is 1. The van der Waals surface area contributed by atoms with Crippen LogP contribution in [-0.2, 0) is 6.54 Å². The molecule has 0 aliphatic carbocycles. The standard InChI is InChI=1S/C17H15N3O2/c21-16(19-14-9-5-2-6-10-14)15-11-18-17(22)20(15)12-13-7-3-1-4-8-13/h1-11H,12H2,(H,18,22)(H,19,21). The predicted octanol–water partition coefficient (Wildman–Crippen LogP) is 2.48. The first-order chi connectivity index (χ1) is 10.7. The number of aromatic nitrogens is 2. The number of carbonyl (C=O) groups is 1. The van der Waals surface area contributed by atoms with E-state index in [0.717, 1.165) is 5.56 Å². The van der Waals surface area contributed by atoms with E-state index in [0.29, 0.717) is 17.9 Å². The second-order valence-electron chi connectivity index (χ2n) is 4.87. The number of rotatable bonds is 4. The molecule has 0 unspecified atom stereocenters. The third kappa shape index (κ3) is 2.98. The van der Waals surface area contributed by atoms with E-state index in [1.807, 2.05) is 48.5 Å². The normalized spacial score (nSPS) is 10.4. The summed E-state index contributed by atoms with van der Waals surface area (Å²) in [5, 5.41) is 2.78. The Morgan fingerprint density at radius 3 is 2.32 bits per heavy atom. The van der Waals surface area contributed by atoms with Crippen LogP contribution in [0.1, 0.15) is 16.1 Å². The Labute approximate surface area is 127 Å². The fourth-order valence-electron chi connectivity index (χ4n) is 2.22. The highest BCUT2D eigenvalue weighted by molar-refractivity contribution is 6.02. The first-order valence-corrected chi connectivity index (χ1v) is 6.92. The Morgan fingerprint density at radius 2 is 1.64 bits per heavy atom. The average Bonchev–Trinajstić information content (AvgIpc) is 2.90. The van der Waals surface area contributed by atoms with Gasteiger partial charge in [0.05, 0.1) is 6.54 Å². The van der Waals surface area contributed by atoms with Crippen molar-refractivity contribution in [3.05, 3.63) is 88.6 Å². The Morgan fingerprint density at radius 1 is 1.00 bits per heavy atom. The van der Waals surface area contributed by atoms with Crippen molar-refractivity contribution in [1.29, 1.82) is 0 Å². The van der Waals surface area contributed by atoms with Crippen LogP contribution >= 0.6 is 0 Å². The zero-order valence-corrected chi connectivity index (χ0v) is 11.8. The molecule has 0 bridgehead atoms. The molecule has 22 heavy (non-hydrogen) atoms. The van der Waals surface area contributed by atoms with Gasteiger partial charge < -0.3 is 10.3 Å². The lowest BCUT2D eigenvalue weighted by Crippen LogP contribution is -2.24. The van der Waals surface area contributed by atoms with Gasteiger partial charge in [0.15, 0.2) is 0 Å². The van der Waals surface area contributed by atoms with Crippen molar-refractivity contribution in [3.63, 3.8) is 0 Å². The lowest BCUT2D eigenvalue weighted by Gasteiger charge is -2.08. The second-order valence-corrected chi connectivity index (χ2v) is 4.87. The molecule has 0 radical (unpaired) electrons. The molecule has 3 aromatic rings. The van der Waals surface area contributed by atoms with Crippen molar-refractivity contribution < 1.29 is 4.79 Å². The monoisotopic (exact) mass is 293 g/mol. The number of nitrogens with zero attached hydrogens (tertiary/aromatic N) is 1. The SMILES string of the molecule is O=C(Nc1ccccc1)c1c[nH]c(=O)n1Cc1ccccc1. The first-order valence-electron chi connectivity index (χ1n) is 6.92. The number of benzene rings is 2. The van der Waals surface area contributed by atoms with Gasteiger partial charge in [0.1, 0.15) is 5.69 Å². The van der Waals surface area contributed by atoms with Crippen molar-refractivity contribution in [2.75, 3.05) is 5.32 Å². The van der Waals surface area contributed by atoms with Crippen molar-refractivity contribution in [3.8, 4) is 0 Å². The maximum atomic E-state index is 12.3. The molecular formula is C17H15N3O2. The van der Waals surface area contributed by atoms with E-state index in [2.05, 4.69) is 10.3 Å². The topological polar surface area (TPSA) is 66.9 Å². The number of amides is 1. The number of hydrogen-bond acceptors (Lipinski definition) is 2. The molecule has 1 aromatic heterocycles. The highest BCUT2D eigenvalue weighted by Gasteiger charge is 2.14. The predicted molar refractivity (Wildman–Crippen MR) is 85.0 cm³/mol. The van der Waals surface area contributed by atoms with Gasteiger partial charge in [-0.25, -0.2) is 4.79 Å². The number of carbonyl (C=O) groups excluding carboxylic acids is 1. The Bertz CT molecular complexity index is 820. The van der Waals surface area contributed by atoms with E-state index in [1.165, 1.54) is 10.8 Å². The molecule has 2 N–H and O–H groups in total. The van der Waals surface area contributed by atoms with Crippen LogP contribution in [0.3, 0.4) is 0 Å². The molecule has 1 amide bonds. The molecule has 0 saturated carbocycles. The first kappa shape index (κ1) is 13.9. The van der Waals surface area contributed by atoms with Gasteiger partial charge in [0.25, 0.3) is 5.91 Å². The van der Waals surface area contributed by atoms with Gasteiger partial charge in [-0.2, -0.15) is 0 Å². The van der Waals surface area contributed by atoms with Crippen LogP contribution in [0.2, 0.25) is 0 Å². The molecule has 2 aromatic carbocycles. The highest BCUT2D eigenvalue weighted by Crippen LogP contribution is 2.09. The molecule has 0 saturated heterocycles. The van der Waals surface area contributed by atoms with Gasteiger partial charge in [-0.3, -0.25) is 9.36 Å². The van der Waals surface area contributed by atoms with Gasteiger partial charge in [-0.1, -0.05) is 48.5 Å². The summed E-state index contributed by atoms with van der Waals surface area (Å²) in [6, 6.07) is 18.7. The highest BCUT2D eigenvalue weighted by atomic mass is 16.2. The van der Waals surface area contributed by atoms with E-state index < -0.39 is 0 Å². The van der Waals surface area contributed by atoms with Crippen LogP contribution in [0.25, 0.3) is 0 Å². The van der Waals surface area contributed by atoms with Gasteiger partial charge in [0, 0.05) is 11.9 Å². The fraction of sp³-hybridized carbons (Fsp3) is 0.0588. The number of hydrogen-bond donors (Lipinski definition) is 2. The van der Waals surface area contributed by atoms with Crippen LogP contribution in [0.5, 0.6) is 0 Å². The minimum atomic E-state index is -0.319. The lowest BCUT2D eigenvalue weighted by atomic mass is 10.2. The molecule has 0 aliphatic rings. The van der Waals surface area contributed by atoms with Crippen molar-refractivity contribution >= 4 is 11.6 Å². The van der Waals surface area contributed by atoms with Gasteiger partial charge in [0.2, 0.25) is 0 Å². The molecule has 110 valence electrons. The molecule has 5 nitrogen and oxygen atoms in total. The number of para-hydroxylation sites is 1. The summed E-state index contributed by atoms with van der Waals surface area (Å²) in [5.74, 6) is -0.319. The summed E-state index contributed by atoms with van der Waals surface area (Å²) in [6.45, 7) is 0.348. The minimum absolute atomic E-state index is 0.303. The number of H-pyrrole nitrogens is 1. The van der Waals surface area contributed by atoms with Crippen molar-refractivity contribution in [2.45, 2.75) is 6.54 Å². The number of nitrogens with one attached hydrogen (secondary N) is 2. The van der Waals surface area contributed by atoms with Gasteiger partial charge in [-0.15, -0.1) is 0 Å². The second kappa shape index (κ2) is 6.13. The van der Waals surface area contributed by atoms with Gasteiger partial charge >= 0.3 is 5.69 Å². The van der Waals surface area contributed by atoms with E-state index in [4.69, 9.17) is 0 Å². The average molecular weight is 293 g/mol. The van der Waals surface area contributed by atoms with Crippen LogP contribution in [0.15, 0.2) is 71.7 Å². The van der Waals surface area contributed by atoms with E-state index in [1.54, 1.807) is 12.1 Å². The molecule has 0 spiro atoms. The lowest BCUT2D eigenvalue weighted by molar-refractivity contribution is 0.101. The van der Waals surface area contributed by atoms with Gasteiger partial charge in [-0.05, 0) is 17.7 Å². The van der Waals surface area contributed by atoms with Crippen molar-refractivity contribution in [2.24, 2.45) is 0 Å². The van der Waals surface area contributed by atoms with E-state index in [-0.39, 0.29) is 11.6 Å². The maximum Gasteiger partial charge on any atom is 0.326 e. The number of anilines is 1. The molecule has 0 fully saturated rings. The summed E-state index contributed by atoms with van der Waals surface area (Å²) < 4.78 is 1.42. The largest absolute Gasteiger partial charge is 0.326 e. The quantitative estimate of drug-likeness (QED) is 0.776. The maximum absolute atomic E-state index is 12.3. The molecule has 1 heterocycles. The summed E-state index contributed by atoms with van der Waals surface area (Å²) in [6.07, 6.45) is 1.43. The summed E-state index contributed by atoms with van der Waals surface area (Å²) in [7, 11) is 0. The number of aromatic amines is 1. The molecule has 0 atom stereocenters. The minimum Gasteiger partial charge on any atom is -0.321 e.